The summed E-state index contributed by atoms with van der Waals surface area (Å²) in [4.78, 5) is 30.9. The van der Waals surface area contributed by atoms with E-state index in [1.54, 1.807) is 6.08 Å². The van der Waals surface area contributed by atoms with Gasteiger partial charge in [-0.05, 0) is 96.3 Å². The van der Waals surface area contributed by atoms with Gasteiger partial charge in [-0.2, -0.15) is 0 Å². The molecular weight excluding hydrogens is 769 g/mol. The molecule has 0 radical (unpaired) electrons. The van der Waals surface area contributed by atoms with E-state index in [4.69, 9.17) is 15.3 Å². The molecule has 6 heteroatoms. The maximum atomic E-state index is 10.3. The summed E-state index contributed by atoms with van der Waals surface area (Å²) in [5.74, 6) is -2.20. The molecule has 0 saturated carbocycles. The average molecular weight is 867 g/mol. The molecule has 0 spiro atoms. The second-order valence-corrected chi connectivity index (χ2v) is 16.5. The number of carboxylic acid groups (broad SMARTS) is 3. The van der Waals surface area contributed by atoms with Crippen molar-refractivity contribution in [2.45, 2.75) is 252 Å². The number of hydrogen-bond donors (Lipinski definition) is 3. The Kier molecular flexibility index (Phi) is 60.5. The summed E-state index contributed by atoms with van der Waals surface area (Å²) >= 11 is 0. The highest BCUT2D eigenvalue weighted by Gasteiger charge is 1.97. The summed E-state index contributed by atoms with van der Waals surface area (Å²) < 4.78 is 0. The quantitative estimate of drug-likeness (QED) is 0.0320. The van der Waals surface area contributed by atoms with Gasteiger partial charge in [-0.15, -0.1) is 0 Å². The van der Waals surface area contributed by atoms with Gasteiger partial charge in [0.25, 0.3) is 0 Å². The first-order valence-corrected chi connectivity index (χ1v) is 25.5. The van der Waals surface area contributed by atoms with Crippen molar-refractivity contribution in [3.63, 3.8) is 0 Å². The molecule has 62 heavy (non-hydrogen) atoms. The summed E-state index contributed by atoms with van der Waals surface area (Å²) in [6.45, 7) is 6.65. The van der Waals surface area contributed by atoms with E-state index in [2.05, 4.69) is 93.7 Å². The third-order valence-corrected chi connectivity index (χ3v) is 10.3. The van der Waals surface area contributed by atoms with Gasteiger partial charge in [-0.25, -0.2) is 4.79 Å². The number of aliphatic carboxylic acids is 3. The van der Waals surface area contributed by atoms with Crippen LogP contribution in [0.3, 0.4) is 0 Å². The first-order valence-electron chi connectivity index (χ1n) is 25.5. The van der Waals surface area contributed by atoms with E-state index >= 15 is 0 Å². The zero-order valence-corrected chi connectivity index (χ0v) is 40.6. The molecule has 3 N–H and O–H groups in total. The lowest BCUT2D eigenvalue weighted by molar-refractivity contribution is -0.138. The van der Waals surface area contributed by atoms with Crippen molar-refractivity contribution in [2.75, 3.05) is 0 Å². The number of hydrogen-bond acceptors (Lipinski definition) is 3. The van der Waals surface area contributed by atoms with Gasteiger partial charge in [0.1, 0.15) is 0 Å². The molecule has 0 heterocycles. The summed E-state index contributed by atoms with van der Waals surface area (Å²) in [5, 5.41) is 25.4. The van der Waals surface area contributed by atoms with Crippen LogP contribution < -0.4 is 0 Å². The lowest BCUT2D eigenvalue weighted by Crippen LogP contribution is -1.93. The van der Waals surface area contributed by atoms with E-state index in [1.807, 2.05) is 0 Å². The monoisotopic (exact) mass is 867 g/mol. The van der Waals surface area contributed by atoms with Crippen LogP contribution in [0.2, 0.25) is 0 Å². The Balaban J connectivity index is -0.000000844. The second kappa shape index (κ2) is 59.7. The Morgan fingerprint density at radius 3 is 0.919 bits per heavy atom. The summed E-state index contributed by atoms with van der Waals surface area (Å²) in [6, 6.07) is 0. The molecular formula is C56H98O6. The molecule has 0 aromatic carbocycles. The highest BCUT2D eigenvalue weighted by atomic mass is 16.4. The van der Waals surface area contributed by atoms with Crippen molar-refractivity contribution in [1.29, 1.82) is 0 Å². The van der Waals surface area contributed by atoms with Crippen LogP contribution in [0.1, 0.15) is 252 Å². The van der Waals surface area contributed by atoms with Gasteiger partial charge in [-0.3, -0.25) is 9.59 Å². The van der Waals surface area contributed by atoms with Crippen molar-refractivity contribution in [3.8, 4) is 0 Å². The Morgan fingerprint density at radius 2 is 0.565 bits per heavy atom. The molecule has 0 aliphatic carbocycles. The molecule has 0 bridgehead atoms. The van der Waals surface area contributed by atoms with Gasteiger partial charge >= 0.3 is 17.9 Å². The van der Waals surface area contributed by atoms with E-state index in [-0.39, 0.29) is 0 Å². The fourth-order valence-corrected chi connectivity index (χ4v) is 6.54. The van der Waals surface area contributed by atoms with E-state index in [0.717, 1.165) is 89.9 Å². The Bertz CT molecular complexity index is 1140. The van der Waals surface area contributed by atoms with Gasteiger partial charge in [0, 0.05) is 18.9 Å². The molecule has 0 aliphatic rings. The normalized spacial score (nSPS) is 11.8. The van der Waals surface area contributed by atoms with Gasteiger partial charge in [-0.1, -0.05) is 222 Å². The number of carbonyl (C=O) groups is 3. The Morgan fingerprint density at radius 1 is 0.306 bits per heavy atom. The van der Waals surface area contributed by atoms with Crippen LogP contribution >= 0.6 is 0 Å². The zero-order chi connectivity index (χ0) is 46.1. The van der Waals surface area contributed by atoms with Crippen LogP contribution in [0, 0.1) is 0 Å². The van der Waals surface area contributed by atoms with E-state index in [9.17, 15) is 14.4 Å². The largest absolute Gasteiger partial charge is 0.481 e. The zero-order valence-electron chi connectivity index (χ0n) is 40.6. The molecule has 6 nitrogen and oxygen atoms in total. The van der Waals surface area contributed by atoms with Crippen LogP contribution in [-0.4, -0.2) is 33.2 Å². The number of rotatable bonds is 43. The van der Waals surface area contributed by atoms with Gasteiger partial charge in [0.2, 0.25) is 0 Å². The molecule has 358 valence electrons. The number of carboxylic acids is 3. The molecule has 0 amide bonds. The third kappa shape index (κ3) is 71.1. The third-order valence-electron chi connectivity index (χ3n) is 10.3. The number of allylic oxidation sites excluding steroid dienone is 13. The summed E-state index contributed by atoms with van der Waals surface area (Å²) in [6.07, 6.45) is 71.2. The predicted molar refractivity (Wildman–Crippen MR) is 270 cm³/mol. The highest BCUT2D eigenvalue weighted by Crippen LogP contribution is 2.14. The minimum absolute atomic E-state index is 0.290. The molecule has 0 saturated heterocycles. The smallest absolute Gasteiger partial charge is 0.327 e. The van der Waals surface area contributed by atoms with Crippen molar-refractivity contribution >= 4 is 17.9 Å². The van der Waals surface area contributed by atoms with Crippen LogP contribution in [0.4, 0.5) is 0 Å². The topological polar surface area (TPSA) is 112 Å². The first-order chi connectivity index (χ1) is 30.3. The van der Waals surface area contributed by atoms with E-state index < -0.39 is 17.9 Å². The lowest BCUT2D eigenvalue weighted by atomic mass is 10.0. The molecule has 0 unspecified atom stereocenters. The van der Waals surface area contributed by atoms with Crippen molar-refractivity contribution in [1.82, 2.24) is 0 Å². The fraction of sp³-hybridized carbons (Fsp3) is 0.696. The van der Waals surface area contributed by atoms with Gasteiger partial charge in [0.05, 0.1) is 0 Å². The van der Waals surface area contributed by atoms with Gasteiger partial charge < -0.3 is 15.3 Å². The van der Waals surface area contributed by atoms with Crippen molar-refractivity contribution < 1.29 is 29.7 Å². The number of unbranched alkanes of at least 4 members (excludes halogenated alkanes) is 25. The molecule has 0 atom stereocenters. The van der Waals surface area contributed by atoms with E-state index in [1.165, 1.54) is 134 Å². The Hall–Kier alpha value is -3.41. The van der Waals surface area contributed by atoms with Crippen LogP contribution in [0.5, 0.6) is 0 Å². The summed E-state index contributed by atoms with van der Waals surface area (Å²) in [5.41, 5.74) is 0. The second-order valence-electron chi connectivity index (χ2n) is 16.5. The van der Waals surface area contributed by atoms with Crippen LogP contribution in [0.15, 0.2) is 85.1 Å². The minimum atomic E-state index is -0.832. The maximum absolute atomic E-state index is 10.3. The fourth-order valence-electron chi connectivity index (χ4n) is 6.54. The predicted octanol–water partition coefficient (Wildman–Crippen LogP) is 18.2. The van der Waals surface area contributed by atoms with Crippen LogP contribution in [0.25, 0.3) is 0 Å². The summed E-state index contributed by atoms with van der Waals surface area (Å²) in [7, 11) is 0. The lowest BCUT2D eigenvalue weighted by Gasteiger charge is -2.03. The molecule has 0 aromatic heterocycles. The molecule has 0 rings (SSSR count). The van der Waals surface area contributed by atoms with Gasteiger partial charge in [0.15, 0.2) is 0 Å². The molecule has 0 aromatic rings. The minimum Gasteiger partial charge on any atom is -0.481 e. The van der Waals surface area contributed by atoms with E-state index in [0.29, 0.717) is 12.8 Å². The average Bonchev–Trinajstić information content (AvgIpc) is 3.25. The highest BCUT2D eigenvalue weighted by molar-refractivity contribution is 5.79. The SMILES string of the molecule is CC/C=C\C/C=C\C/C=C\CCCCCCCC(=O)O.CCCCC/C=C/C/C=C/C/C=C/CCCCC(=O)O.CCCCCCCCCCCCCCCCC/C=C/C(=O)O. The molecule has 0 fully saturated rings. The van der Waals surface area contributed by atoms with Crippen molar-refractivity contribution in [3.05, 3.63) is 85.1 Å². The Labute approximate surface area is 383 Å². The van der Waals surface area contributed by atoms with Crippen molar-refractivity contribution in [2.24, 2.45) is 0 Å². The molecule has 0 aliphatic heterocycles. The van der Waals surface area contributed by atoms with Crippen LogP contribution in [-0.2, 0) is 14.4 Å². The standard InChI is InChI=1S/C20H38O2.2C18H30O2/c1-2-3-4-5-6-7-8-9-10-11-12-13-14-15-16-17-18-19-20(21)22;2*1-2-3-4-5-6-7-8-9-10-11-12-13-14-15-16-17-18(19)20/h18-19H,2-17H2,1H3,(H,21,22);6-7,9-10,12-13H,2-5,8,11,14-17H2,1H3,(H,19,20);3-4,6-7,9-10H,2,5,8,11-17H2,1H3,(H,19,20)/b19-18+;7-6+,10-9+,13-12+;4-3-,7-6-,10-9-. The first kappa shape index (κ1) is 62.9. The maximum Gasteiger partial charge on any atom is 0.327 e.